The molecule has 0 radical (unpaired) electrons. The summed E-state index contributed by atoms with van der Waals surface area (Å²) in [6.07, 6.45) is 3.19. The number of hydrogen-bond acceptors (Lipinski definition) is 6. The normalized spacial score (nSPS) is 10.5. The summed E-state index contributed by atoms with van der Waals surface area (Å²) in [5, 5.41) is 6.64. The molecule has 9 heteroatoms. The maximum atomic E-state index is 12.3. The zero-order chi connectivity index (χ0) is 20.8. The maximum absolute atomic E-state index is 12.3. The number of amides is 2. The molecule has 0 saturated heterocycles. The van der Waals surface area contributed by atoms with Crippen LogP contribution >= 0.6 is 11.3 Å². The maximum Gasteiger partial charge on any atom is 0.269 e. The molecule has 0 aliphatic carbocycles. The van der Waals surface area contributed by atoms with Crippen LogP contribution in [0, 0.1) is 0 Å². The lowest BCUT2D eigenvalue weighted by Gasteiger charge is -2.07. The van der Waals surface area contributed by atoms with Crippen LogP contribution < -0.4 is 10.9 Å². The van der Waals surface area contributed by atoms with E-state index in [4.69, 9.17) is 0 Å². The second kappa shape index (κ2) is 9.10. The van der Waals surface area contributed by atoms with E-state index >= 15 is 0 Å². The standard InChI is InChI=1S/C21H18N6O2S/c28-19(10-20-24-18(12-30-20)16-4-2-1-3-5-16)25-26-21(29)17-8-6-15(7-9-17)11-27-14-22-13-23-27/h1-9,12-14H,10-11H2,(H,25,28)(H,26,29). The molecule has 4 aromatic rings. The Bertz CT molecular complexity index is 1120. The highest BCUT2D eigenvalue weighted by molar-refractivity contribution is 7.10. The summed E-state index contributed by atoms with van der Waals surface area (Å²) in [6, 6.07) is 16.8. The molecule has 0 bridgehead atoms. The fourth-order valence-electron chi connectivity index (χ4n) is 2.78. The fourth-order valence-corrected chi connectivity index (χ4v) is 3.58. The van der Waals surface area contributed by atoms with Gasteiger partial charge in [-0.2, -0.15) is 5.10 Å². The first-order valence-corrected chi connectivity index (χ1v) is 10.1. The number of carbonyl (C=O) groups excluding carboxylic acids is 2. The summed E-state index contributed by atoms with van der Waals surface area (Å²) in [6.45, 7) is 0.567. The topological polar surface area (TPSA) is 102 Å². The van der Waals surface area contributed by atoms with Crippen LogP contribution in [0.1, 0.15) is 20.9 Å². The first-order chi connectivity index (χ1) is 14.7. The quantitative estimate of drug-likeness (QED) is 0.469. The number of nitrogens with one attached hydrogen (secondary N) is 2. The molecule has 0 spiro atoms. The van der Waals surface area contributed by atoms with Gasteiger partial charge in [0.2, 0.25) is 5.91 Å². The zero-order valence-corrected chi connectivity index (χ0v) is 16.7. The van der Waals surface area contributed by atoms with E-state index in [-0.39, 0.29) is 18.2 Å². The van der Waals surface area contributed by atoms with Gasteiger partial charge in [-0.25, -0.2) is 14.6 Å². The van der Waals surface area contributed by atoms with Gasteiger partial charge in [0.05, 0.1) is 18.7 Å². The van der Waals surface area contributed by atoms with Gasteiger partial charge in [0, 0.05) is 16.5 Å². The predicted molar refractivity (Wildman–Crippen MR) is 112 cm³/mol. The third kappa shape index (κ3) is 4.95. The molecule has 0 unspecified atom stereocenters. The minimum Gasteiger partial charge on any atom is -0.273 e. The lowest BCUT2D eigenvalue weighted by Crippen LogP contribution is -2.42. The van der Waals surface area contributed by atoms with Gasteiger partial charge in [-0.15, -0.1) is 11.3 Å². The lowest BCUT2D eigenvalue weighted by molar-refractivity contribution is -0.121. The van der Waals surface area contributed by atoms with Crippen molar-refractivity contribution < 1.29 is 9.59 Å². The first kappa shape index (κ1) is 19.5. The van der Waals surface area contributed by atoms with Gasteiger partial charge in [0.15, 0.2) is 0 Å². The molecule has 0 saturated carbocycles. The third-order valence-electron chi connectivity index (χ3n) is 4.28. The smallest absolute Gasteiger partial charge is 0.269 e. The van der Waals surface area contributed by atoms with E-state index in [1.54, 1.807) is 23.1 Å². The molecule has 2 amide bonds. The van der Waals surface area contributed by atoms with E-state index in [1.165, 1.54) is 17.7 Å². The summed E-state index contributed by atoms with van der Waals surface area (Å²) in [7, 11) is 0. The summed E-state index contributed by atoms with van der Waals surface area (Å²) in [5.41, 5.74) is 8.13. The summed E-state index contributed by atoms with van der Waals surface area (Å²) in [5.74, 6) is -0.722. The molecule has 2 aromatic carbocycles. The van der Waals surface area contributed by atoms with Crippen LogP contribution in [0.25, 0.3) is 11.3 Å². The van der Waals surface area contributed by atoms with Crippen LogP contribution in [0.15, 0.2) is 72.6 Å². The highest BCUT2D eigenvalue weighted by Gasteiger charge is 2.11. The van der Waals surface area contributed by atoms with Crippen LogP contribution in [-0.2, 0) is 17.8 Å². The number of thiazole rings is 1. The third-order valence-corrected chi connectivity index (χ3v) is 5.12. The van der Waals surface area contributed by atoms with E-state index in [1.807, 2.05) is 47.8 Å². The van der Waals surface area contributed by atoms with Crippen molar-refractivity contribution in [2.75, 3.05) is 0 Å². The largest absolute Gasteiger partial charge is 0.273 e. The van der Waals surface area contributed by atoms with E-state index in [0.717, 1.165) is 16.8 Å². The van der Waals surface area contributed by atoms with Crippen molar-refractivity contribution in [3.8, 4) is 11.3 Å². The summed E-state index contributed by atoms with van der Waals surface area (Å²) in [4.78, 5) is 32.8. The number of benzene rings is 2. The highest BCUT2D eigenvalue weighted by Crippen LogP contribution is 2.21. The Morgan fingerprint density at radius 2 is 1.80 bits per heavy atom. The minimum absolute atomic E-state index is 0.0919. The molecule has 4 rings (SSSR count). The average molecular weight is 418 g/mol. The molecular formula is C21H18N6O2S. The molecule has 2 heterocycles. The molecule has 2 N–H and O–H groups in total. The molecule has 0 aliphatic heterocycles. The van der Waals surface area contributed by atoms with Gasteiger partial charge in [-0.1, -0.05) is 42.5 Å². The number of hydrazine groups is 1. The Kier molecular flexibility index (Phi) is 5.90. The van der Waals surface area contributed by atoms with Crippen molar-refractivity contribution in [2.45, 2.75) is 13.0 Å². The van der Waals surface area contributed by atoms with Gasteiger partial charge >= 0.3 is 0 Å². The van der Waals surface area contributed by atoms with Crippen molar-refractivity contribution in [3.63, 3.8) is 0 Å². The summed E-state index contributed by atoms with van der Waals surface area (Å²) >= 11 is 1.41. The average Bonchev–Trinajstić information content (AvgIpc) is 3.45. The Hall–Kier alpha value is -3.85. The number of aromatic nitrogens is 4. The predicted octanol–water partition coefficient (Wildman–Crippen LogP) is 2.45. The molecule has 0 atom stereocenters. The monoisotopic (exact) mass is 418 g/mol. The van der Waals surface area contributed by atoms with Crippen molar-refractivity contribution >= 4 is 23.2 Å². The number of carbonyl (C=O) groups is 2. The van der Waals surface area contributed by atoms with Crippen LogP contribution in [-0.4, -0.2) is 31.6 Å². The summed E-state index contributed by atoms with van der Waals surface area (Å²) < 4.78 is 1.69. The minimum atomic E-state index is -0.389. The Morgan fingerprint density at radius 3 is 2.53 bits per heavy atom. The van der Waals surface area contributed by atoms with Crippen molar-refractivity contribution in [3.05, 3.63) is 88.8 Å². The Balaban J connectivity index is 1.27. The Morgan fingerprint density at radius 1 is 1.00 bits per heavy atom. The second-order valence-electron chi connectivity index (χ2n) is 6.46. The van der Waals surface area contributed by atoms with E-state index in [9.17, 15) is 9.59 Å². The molecule has 30 heavy (non-hydrogen) atoms. The van der Waals surface area contributed by atoms with Crippen molar-refractivity contribution in [1.29, 1.82) is 0 Å². The van der Waals surface area contributed by atoms with Gasteiger partial charge in [-0.3, -0.25) is 20.4 Å². The SMILES string of the molecule is O=C(Cc1nc(-c2ccccc2)cs1)NNC(=O)c1ccc(Cn2cncn2)cc1. The second-order valence-corrected chi connectivity index (χ2v) is 7.40. The van der Waals surface area contributed by atoms with Crippen LogP contribution in [0.2, 0.25) is 0 Å². The number of hydrogen-bond donors (Lipinski definition) is 2. The molecule has 150 valence electrons. The van der Waals surface area contributed by atoms with Crippen LogP contribution in [0.5, 0.6) is 0 Å². The molecule has 8 nitrogen and oxygen atoms in total. The number of nitrogens with zero attached hydrogens (tertiary/aromatic N) is 4. The molecule has 0 aliphatic rings. The fraction of sp³-hybridized carbons (Fsp3) is 0.0952. The van der Waals surface area contributed by atoms with Gasteiger partial charge in [-0.05, 0) is 17.7 Å². The van der Waals surface area contributed by atoms with Crippen molar-refractivity contribution in [2.24, 2.45) is 0 Å². The van der Waals surface area contributed by atoms with E-state index in [2.05, 4.69) is 25.9 Å². The molecular weight excluding hydrogens is 400 g/mol. The Labute approximate surface area is 176 Å². The van der Waals surface area contributed by atoms with E-state index in [0.29, 0.717) is 17.1 Å². The lowest BCUT2D eigenvalue weighted by atomic mass is 10.1. The highest BCUT2D eigenvalue weighted by atomic mass is 32.1. The molecule has 2 aromatic heterocycles. The zero-order valence-electron chi connectivity index (χ0n) is 15.9. The molecule has 0 fully saturated rings. The van der Waals surface area contributed by atoms with Gasteiger partial charge in [0.25, 0.3) is 5.91 Å². The van der Waals surface area contributed by atoms with Crippen LogP contribution in [0.4, 0.5) is 0 Å². The van der Waals surface area contributed by atoms with Gasteiger partial charge in [0.1, 0.15) is 17.7 Å². The van der Waals surface area contributed by atoms with Gasteiger partial charge < -0.3 is 0 Å². The first-order valence-electron chi connectivity index (χ1n) is 9.18. The van der Waals surface area contributed by atoms with E-state index < -0.39 is 0 Å². The van der Waals surface area contributed by atoms with Crippen molar-refractivity contribution in [1.82, 2.24) is 30.6 Å². The van der Waals surface area contributed by atoms with Crippen LogP contribution in [0.3, 0.4) is 0 Å². The number of rotatable bonds is 6.